The number of anilines is 1. The van der Waals surface area contributed by atoms with Crippen molar-refractivity contribution in [3.05, 3.63) is 76.9 Å². The molecule has 2 aliphatic rings. The second-order valence-electron chi connectivity index (χ2n) is 8.38. The van der Waals surface area contributed by atoms with E-state index in [0.717, 1.165) is 17.5 Å². The van der Waals surface area contributed by atoms with Crippen LogP contribution in [-0.4, -0.2) is 33.9 Å². The summed E-state index contributed by atoms with van der Waals surface area (Å²) in [5, 5.41) is 8.34. The molecule has 1 fully saturated rings. The number of carbonyl (C=O) groups excluding carboxylic acids is 1. The smallest absolute Gasteiger partial charge is 0.381 e. The Morgan fingerprint density at radius 3 is 2.56 bits per heavy atom. The number of fused-ring (bicyclic) bond motifs is 1. The number of benzene rings is 2. The summed E-state index contributed by atoms with van der Waals surface area (Å²) in [5.74, 6) is 0.359. The van der Waals surface area contributed by atoms with E-state index >= 15 is 0 Å². The van der Waals surface area contributed by atoms with Crippen molar-refractivity contribution in [2.24, 2.45) is 7.05 Å². The molecule has 5 rings (SSSR count). The molecule has 2 aromatic carbocycles. The summed E-state index contributed by atoms with van der Waals surface area (Å²) in [6, 6.07) is 11.2. The van der Waals surface area contributed by atoms with Crippen LogP contribution in [0.25, 0.3) is 0 Å². The fraction of sp³-hybridized carbons (Fsp3) is 0.348. The molecule has 0 unspecified atom stereocenters. The minimum absolute atomic E-state index is 0.0153. The summed E-state index contributed by atoms with van der Waals surface area (Å²) in [5.41, 5.74) is 0.394. The van der Waals surface area contributed by atoms with E-state index in [1.807, 2.05) is 29.8 Å². The SMILES string of the molecule is COC1CC(c2cccc(N3Cc4c(cccc4C(F)(F)F)C3=O)c2)(c2nncn2C)C1. The molecule has 166 valence electrons. The first-order valence-electron chi connectivity index (χ1n) is 10.2. The van der Waals surface area contributed by atoms with Gasteiger partial charge in [0.05, 0.1) is 23.6 Å². The molecule has 1 aromatic heterocycles. The topological polar surface area (TPSA) is 60.2 Å². The average molecular weight is 442 g/mol. The molecule has 0 N–H and O–H groups in total. The summed E-state index contributed by atoms with van der Waals surface area (Å²) in [6.07, 6.45) is -1.40. The molecular weight excluding hydrogens is 421 g/mol. The van der Waals surface area contributed by atoms with Gasteiger partial charge in [0.2, 0.25) is 0 Å². The van der Waals surface area contributed by atoms with Gasteiger partial charge in [0.1, 0.15) is 12.2 Å². The van der Waals surface area contributed by atoms with Gasteiger partial charge in [-0.05, 0) is 48.2 Å². The van der Waals surface area contributed by atoms with Gasteiger partial charge in [-0.3, -0.25) is 4.79 Å². The molecule has 0 radical (unpaired) electrons. The maximum absolute atomic E-state index is 13.5. The fourth-order valence-corrected chi connectivity index (χ4v) is 4.93. The zero-order valence-electron chi connectivity index (χ0n) is 17.6. The Bertz CT molecular complexity index is 1200. The molecule has 1 aliphatic heterocycles. The molecule has 6 nitrogen and oxygen atoms in total. The molecule has 0 atom stereocenters. The number of aromatic nitrogens is 3. The highest BCUT2D eigenvalue weighted by molar-refractivity contribution is 6.10. The number of ether oxygens (including phenoxy) is 1. The zero-order valence-corrected chi connectivity index (χ0v) is 17.6. The molecule has 1 aliphatic carbocycles. The van der Waals surface area contributed by atoms with Crippen molar-refractivity contribution in [3.8, 4) is 0 Å². The Morgan fingerprint density at radius 1 is 1.16 bits per heavy atom. The van der Waals surface area contributed by atoms with Crippen LogP contribution >= 0.6 is 0 Å². The van der Waals surface area contributed by atoms with Crippen molar-refractivity contribution < 1.29 is 22.7 Å². The highest BCUT2D eigenvalue weighted by Gasteiger charge is 2.50. The lowest BCUT2D eigenvalue weighted by molar-refractivity contribution is -0.138. The second kappa shape index (κ2) is 7.16. The van der Waals surface area contributed by atoms with Gasteiger partial charge in [0.25, 0.3) is 5.91 Å². The van der Waals surface area contributed by atoms with Crippen molar-refractivity contribution >= 4 is 11.6 Å². The van der Waals surface area contributed by atoms with E-state index in [1.165, 1.54) is 17.0 Å². The normalized spacial score (nSPS) is 22.7. The van der Waals surface area contributed by atoms with E-state index in [0.29, 0.717) is 18.5 Å². The Hall–Kier alpha value is -3.20. The lowest BCUT2D eigenvalue weighted by Gasteiger charge is -2.46. The van der Waals surface area contributed by atoms with Crippen molar-refractivity contribution in [2.45, 2.75) is 37.1 Å². The highest BCUT2D eigenvalue weighted by Crippen LogP contribution is 2.50. The molecular formula is C23H21F3N4O2. The molecule has 0 saturated heterocycles. The van der Waals surface area contributed by atoms with E-state index in [-0.39, 0.29) is 23.8 Å². The molecule has 9 heteroatoms. The number of nitrogens with zero attached hydrogens (tertiary/aromatic N) is 4. The minimum Gasteiger partial charge on any atom is -0.381 e. The van der Waals surface area contributed by atoms with Gasteiger partial charge in [-0.15, -0.1) is 10.2 Å². The van der Waals surface area contributed by atoms with Crippen LogP contribution in [0.4, 0.5) is 18.9 Å². The first-order valence-corrected chi connectivity index (χ1v) is 10.2. The second-order valence-corrected chi connectivity index (χ2v) is 8.38. The van der Waals surface area contributed by atoms with Crippen LogP contribution in [0.1, 0.15) is 45.7 Å². The quantitative estimate of drug-likeness (QED) is 0.611. The average Bonchev–Trinajstić information content (AvgIpc) is 3.31. The predicted molar refractivity (Wildman–Crippen MR) is 110 cm³/mol. The third kappa shape index (κ3) is 3.02. The van der Waals surface area contributed by atoms with E-state index in [1.54, 1.807) is 19.5 Å². The van der Waals surface area contributed by atoms with Crippen molar-refractivity contribution in [1.82, 2.24) is 14.8 Å². The summed E-state index contributed by atoms with van der Waals surface area (Å²) in [4.78, 5) is 14.4. The molecule has 32 heavy (non-hydrogen) atoms. The van der Waals surface area contributed by atoms with Gasteiger partial charge >= 0.3 is 6.18 Å². The van der Waals surface area contributed by atoms with E-state index < -0.39 is 23.1 Å². The fourth-order valence-electron chi connectivity index (χ4n) is 4.93. The predicted octanol–water partition coefficient (Wildman–Crippen LogP) is 4.09. The van der Waals surface area contributed by atoms with Crippen LogP contribution in [0.3, 0.4) is 0 Å². The summed E-state index contributed by atoms with van der Waals surface area (Å²) >= 11 is 0. The summed E-state index contributed by atoms with van der Waals surface area (Å²) < 4.78 is 47.8. The van der Waals surface area contributed by atoms with Gasteiger partial charge in [0, 0.05) is 25.4 Å². The maximum atomic E-state index is 13.5. The van der Waals surface area contributed by atoms with Crippen LogP contribution in [0.2, 0.25) is 0 Å². The van der Waals surface area contributed by atoms with Crippen molar-refractivity contribution in [1.29, 1.82) is 0 Å². The zero-order chi connectivity index (χ0) is 22.7. The summed E-state index contributed by atoms with van der Waals surface area (Å²) in [6.45, 7) is -0.120. The Balaban J connectivity index is 1.54. The number of carbonyl (C=O) groups is 1. The third-order valence-electron chi connectivity index (χ3n) is 6.61. The standard InChI is InChI=1S/C23H21F3N4O2/c1-29-13-27-28-21(29)22(10-16(11-22)32-2)14-5-3-6-15(9-14)30-12-18-17(20(30)31)7-4-8-19(18)23(24,25)26/h3-9,13,16H,10-12H2,1-2H3. The highest BCUT2D eigenvalue weighted by atomic mass is 19.4. The number of alkyl halides is 3. The van der Waals surface area contributed by atoms with Gasteiger partial charge < -0.3 is 14.2 Å². The van der Waals surface area contributed by atoms with Crippen LogP contribution < -0.4 is 4.90 Å². The lowest BCUT2D eigenvalue weighted by Crippen LogP contribution is -2.48. The molecule has 2 heterocycles. The lowest BCUT2D eigenvalue weighted by atomic mass is 9.62. The van der Waals surface area contributed by atoms with E-state index in [2.05, 4.69) is 10.2 Å². The first kappa shape index (κ1) is 20.7. The largest absolute Gasteiger partial charge is 0.416 e. The molecule has 0 spiro atoms. The maximum Gasteiger partial charge on any atom is 0.416 e. The van der Waals surface area contributed by atoms with Crippen molar-refractivity contribution in [3.63, 3.8) is 0 Å². The Kier molecular flexibility index (Phi) is 4.63. The number of aryl methyl sites for hydroxylation is 1. The van der Waals surface area contributed by atoms with E-state index in [9.17, 15) is 18.0 Å². The van der Waals surface area contributed by atoms with Crippen LogP contribution in [0.5, 0.6) is 0 Å². The van der Waals surface area contributed by atoms with Crippen LogP contribution in [0.15, 0.2) is 48.8 Å². The number of hydrogen-bond acceptors (Lipinski definition) is 4. The van der Waals surface area contributed by atoms with Gasteiger partial charge in [-0.1, -0.05) is 18.2 Å². The first-order chi connectivity index (χ1) is 15.2. The number of halogens is 3. The number of methoxy groups -OCH3 is 1. The van der Waals surface area contributed by atoms with Crippen LogP contribution in [0, 0.1) is 0 Å². The Morgan fingerprint density at radius 2 is 1.91 bits per heavy atom. The third-order valence-corrected chi connectivity index (χ3v) is 6.61. The van der Waals surface area contributed by atoms with Gasteiger partial charge in [-0.25, -0.2) is 0 Å². The molecule has 1 amide bonds. The number of hydrogen-bond donors (Lipinski definition) is 0. The summed E-state index contributed by atoms with van der Waals surface area (Å²) in [7, 11) is 3.54. The van der Waals surface area contributed by atoms with Gasteiger partial charge in [0.15, 0.2) is 0 Å². The minimum atomic E-state index is -4.51. The molecule has 0 bridgehead atoms. The van der Waals surface area contributed by atoms with Gasteiger partial charge in [-0.2, -0.15) is 13.2 Å². The number of rotatable bonds is 4. The molecule has 1 saturated carbocycles. The Labute approximate surface area is 182 Å². The number of amides is 1. The molecule has 3 aromatic rings. The van der Waals surface area contributed by atoms with Crippen LogP contribution in [-0.2, 0) is 29.9 Å². The van der Waals surface area contributed by atoms with E-state index in [4.69, 9.17) is 4.74 Å². The van der Waals surface area contributed by atoms with Crippen molar-refractivity contribution in [2.75, 3.05) is 12.0 Å². The monoisotopic (exact) mass is 442 g/mol.